The molecule has 0 fully saturated rings. The van der Waals surface area contributed by atoms with Crippen LogP contribution in [0.3, 0.4) is 0 Å². The molecule has 7 heteroatoms. The highest BCUT2D eigenvalue weighted by atomic mass is 16.5. The van der Waals surface area contributed by atoms with Gasteiger partial charge in [0, 0.05) is 5.69 Å². The summed E-state index contributed by atoms with van der Waals surface area (Å²) < 4.78 is 9.04. The summed E-state index contributed by atoms with van der Waals surface area (Å²) in [5, 5.41) is 0. The van der Waals surface area contributed by atoms with Crippen molar-refractivity contribution >= 4 is 23.5 Å². The highest BCUT2D eigenvalue weighted by Crippen LogP contribution is 2.18. The minimum absolute atomic E-state index is 0.225. The number of carbonyl (C=O) groups excluding carboxylic acids is 3. The number of methoxy groups -OCH3 is 2. The van der Waals surface area contributed by atoms with E-state index in [-0.39, 0.29) is 18.7 Å². The van der Waals surface area contributed by atoms with Crippen molar-refractivity contribution in [3.63, 3.8) is 0 Å². The third kappa shape index (κ3) is 4.20. The van der Waals surface area contributed by atoms with Crippen molar-refractivity contribution in [1.82, 2.24) is 4.90 Å². The molecule has 0 atom stereocenters. The van der Waals surface area contributed by atoms with Gasteiger partial charge in [-0.05, 0) is 18.6 Å². The molecule has 0 aliphatic heterocycles. The molecule has 1 amide bonds. The van der Waals surface area contributed by atoms with E-state index in [0.717, 1.165) is 10.5 Å². The molecule has 2 N–H and O–H groups in total. The van der Waals surface area contributed by atoms with Gasteiger partial charge in [-0.25, -0.2) is 0 Å². The molecule has 1 aromatic carbocycles. The number of hydrogen-bond acceptors (Lipinski definition) is 6. The van der Waals surface area contributed by atoms with E-state index in [2.05, 4.69) is 9.47 Å². The summed E-state index contributed by atoms with van der Waals surface area (Å²) in [6.45, 7) is 1.03. The second-order valence-corrected chi connectivity index (χ2v) is 4.35. The quantitative estimate of drug-likeness (QED) is 0.622. The first-order valence-corrected chi connectivity index (χ1v) is 6.18. The van der Waals surface area contributed by atoms with E-state index in [4.69, 9.17) is 5.73 Å². The summed E-state index contributed by atoms with van der Waals surface area (Å²) >= 11 is 0. The molecule has 0 spiro atoms. The summed E-state index contributed by atoms with van der Waals surface area (Å²) in [5.74, 6) is -1.82. The average molecular weight is 294 g/mol. The monoisotopic (exact) mass is 294 g/mol. The number of amides is 1. The van der Waals surface area contributed by atoms with E-state index in [1.807, 2.05) is 0 Å². The highest BCUT2D eigenvalue weighted by molar-refractivity contribution is 6.02. The molecule has 0 saturated carbocycles. The van der Waals surface area contributed by atoms with Crippen molar-refractivity contribution in [3.8, 4) is 0 Å². The number of aryl methyl sites for hydroxylation is 1. The molecule has 0 saturated heterocycles. The minimum Gasteiger partial charge on any atom is -0.468 e. The summed E-state index contributed by atoms with van der Waals surface area (Å²) in [5.41, 5.74) is 7.13. The molecule has 0 unspecified atom stereocenters. The van der Waals surface area contributed by atoms with Gasteiger partial charge in [0.15, 0.2) is 0 Å². The molecule has 1 rings (SSSR count). The predicted octanol–water partition coefficient (Wildman–Crippen LogP) is 0.365. The summed E-state index contributed by atoms with van der Waals surface area (Å²) in [6.07, 6.45) is 0. The Kier molecular flexibility index (Phi) is 5.71. The van der Waals surface area contributed by atoms with Crippen LogP contribution in [0.2, 0.25) is 0 Å². The number of ether oxygens (including phenoxy) is 2. The normalized spacial score (nSPS) is 9.86. The first-order chi connectivity index (χ1) is 9.90. The Hall–Kier alpha value is -2.57. The van der Waals surface area contributed by atoms with Crippen molar-refractivity contribution < 1.29 is 23.9 Å². The molecule has 0 aromatic heterocycles. The zero-order valence-electron chi connectivity index (χ0n) is 12.2. The minimum atomic E-state index is -0.640. The van der Waals surface area contributed by atoms with Gasteiger partial charge in [0.2, 0.25) is 0 Å². The number of nitrogens with zero attached hydrogens (tertiary/aromatic N) is 1. The van der Waals surface area contributed by atoms with Crippen LogP contribution in [0.1, 0.15) is 15.9 Å². The SMILES string of the molecule is COC(=O)CN(CC(=O)OC)C(=O)c1cccc(C)c1N. The van der Waals surface area contributed by atoms with Crippen molar-refractivity contribution in [2.24, 2.45) is 0 Å². The lowest BCUT2D eigenvalue weighted by Crippen LogP contribution is -2.40. The fraction of sp³-hybridized carbons (Fsp3) is 0.357. The number of benzene rings is 1. The molecule has 7 nitrogen and oxygen atoms in total. The Morgan fingerprint density at radius 3 is 2.10 bits per heavy atom. The molecule has 21 heavy (non-hydrogen) atoms. The van der Waals surface area contributed by atoms with Gasteiger partial charge < -0.3 is 20.1 Å². The fourth-order valence-electron chi connectivity index (χ4n) is 1.68. The van der Waals surface area contributed by atoms with Crippen LogP contribution in [-0.4, -0.2) is 50.1 Å². The standard InChI is InChI=1S/C14H18N2O5/c1-9-5-4-6-10(13(9)15)14(19)16(7-11(17)20-2)8-12(18)21-3/h4-6H,7-8,15H2,1-3H3. The average Bonchev–Trinajstić information content (AvgIpc) is 2.48. The van der Waals surface area contributed by atoms with Crippen LogP contribution in [0.25, 0.3) is 0 Å². The zero-order chi connectivity index (χ0) is 16.0. The number of nitrogen functional groups attached to an aromatic ring is 1. The molecule has 0 aliphatic carbocycles. The maximum atomic E-state index is 12.5. The first kappa shape index (κ1) is 16.5. The predicted molar refractivity (Wildman–Crippen MR) is 75.5 cm³/mol. The lowest BCUT2D eigenvalue weighted by Gasteiger charge is -2.21. The molecule has 0 radical (unpaired) electrons. The van der Waals surface area contributed by atoms with E-state index in [0.29, 0.717) is 5.69 Å². The van der Waals surface area contributed by atoms with E-state index in [9.17, 15) is 14.4 Å². The maximum Gasteiger partial charge on any atom is 0.325 e. The molecular formula is C14H18N2O5. The maximum absolute atomic E-state index is 12.5. The van der Waals surface area contributed by atoms with Gasteiger partial charge in [0.25, 0.3) is 5.91 Å². The Labute approximate surface area is 122 Å². The second-order valence-electron chi connectivity index (χ2n) is 4.35. The summed E-state index contributed by atoms with van der Waals surface area (Å²) in [4.78, 5) is 36.2. The molecule has 0 bridgehead atoms. The first-order valence-electron chi connectivity index (χ1n) is 6.18. The third-order valence-electron chi connectivity index (χ3n) is 2.94. The van der Waals surface area contributed by atoms with Crippen LogP contribution in [-0.2, 0) is 19.1 Å². The van der Waals surface area contributed by atoms with E-state index in [1.54, 1.807) is 19.1 Å². The zero-order valence-corrected chi connectivity index (χ0v) is 12.2. The highest BCUT2D eigenvalue weighted by Gasteiger charge is 2.24. The number of hydrogen-bond donors (Lipinski definition) is 1. The summed E-state index contributed by atoms with van der Waals surface area (Å²) in [7, 11) is 2.40. The van der Waals surface area contributed by atoms with Gasteiger partial charge in [-0.3, -0.25) is 14.4 Å². The third-order valence-corrected chi connectivity index (χ3v) is 2.94. The molecule has 0 aliphatic rings. The lowest BCUT2D eigenvalue weighted by atomic mass is 10.1. The Balaban J connectivity index is 3.06. The van der Waals surface area contributed by atoms with Gasteiger partial charge in [-0.1, -0.05) is 12.1 Å². The van der Waals surface area contributed by atoms with Crippen LogP contribution in [0.4, 0.5) is 5.69 Å². The van der Waals surface area contributed by atoms with E-state index >= 15 is 0 Å². The number of anilines is 1. The Morgan fingerprint density at radius 2 is 1.62 bits per heavy atom. The van der Waals surface area contributed by atoms with Crippen LogP contribution in [0, 0.1) is 6.92 Å². The molecule has 0 heterocycles. The summed E-state index contributed by atoms with van der Waals surface area (Å²) in [6, 6.07) is 4.97. The van der Waals surface area contributed by atoms with Crippen LogP contribution in [0.15, 0.2) is 18.2 Å². The van der Waals surface area contributed by atoms with Crippen molar-refractivity contribution in [2.45, 2.75) is 6.92 Å². The van der Waals surface area contributed by atoms with Gasteiger partial charge in [-0.15, -0.1) is 0 Å². The smallest absolute Gasteiger partial charge is 0.325 e. The molecule has 1 aromatic rings. The fourth-order valence-corrected chi connectivity index (χ4v) is 1.68. The Bertz CT molecular complexity index is 538. The number of para-hydroxylation sites is 1. The lowest BCUT2D eigenvalue weighted by molar-refractivity contribution is -0.144. The number of carbonyl (C=O) groups is 3. The van der Waals surface area contributed by atoms with Crippen molar-refractivity contribution in [2.75, 3.05) is 33.0 Å². The van der Waals surface area contributed by atoms with Gasteiger partial charge >= 0.3 is 11.9 Å². The van der Waals surface area contributed by atoms with E-state index < -0.39 is 17.8 Å². The molecule has 114 valence electrons. The van der Waals surface area contributed by atoms with E-state index in [1.165, 1.54) is 20.3 Å². The largest absolute Gasteiger partial charge is 0.468 e. The van der Waals surface area contributed by atoms with Gasteiger partial charge in [0.05, 0.1) is 19.8 Å². The van der Waals surface area contributed by atoms with Crippen LogP contribution in [0.5, 0.6) is 0 Å². The Morgan fingerprint density at radius 1 is 1.10 bits per heavy atom. The topological polar surface area (TPSA) is 98.9 Å². The van der Waals surface area contributed by atoms with Crippen LogP contribution < -0.4 is 5.73 Å². The number of nitrogens with two attached hydrogens (primary N) is 1. The van der Waals surface area contributed by atoms with Crippen molar-refractivity contribution in [1.29, 1.82) is 0 Å². The number of esters is 2. The number of rotatable bonds is 5. The van der Waals surface area contributed by atoms with Crippen LogP contribution >= 0.6 is 0 Å². The second kappa shape index (κ2) is 7.28. The molecular weight excluding hydrogens is 276 g/mol. The van der Waals surface area contributed by atoms with Crippen molar-refractivity contribution in [3.05, 3.63) is 29.3 Å². The van der Waals surface area contributed by atoms with Gasteiger partial charge in [-0.2, -0.15) is 0 Å². The van der Waals surface area contributed by atoms with Gasteiger partial charge in [0.1, 0.15) is 13.1 Å².